The average molecular weight is 387 g/mol. The van der Waals surface area contributed by atoms with Crippen LogP contribution in [0, 0.1) is 5.92 Å². The molecule has 0 bridgehead atoms. The molecule has 0 radical (unpaired) electrons. The third kappa shape index (κ3) is 5.08. The number of carbonyl (C=O) groups excluding carboxylic acids is 1. The molecule has 1 aliphatic heterocycles. The summed E-state index contributed by atoms with van der Waals surface area (Å²) in [6.45, 7) is 7.18. The predicted octanol–water partition coefficient (Wildman–Crippen LogP) is 1.25. The second kappa shape index (κ2) is 9.16. The van der Waals surface area contributed by atoms with E-state index in [4.69, 9.17) is 5.73 Å². The van der Waals surface area contributed by atoms with Crippen LogP contribution in [-0.4, -0.2) is 57.1 Å². The SMILES string of the molecule is CC(C)C[C@H](N)c1cn(C(Cc2ccc(O)cc2)C(=O)N2CCNCC2)nn1. The normalized spacial score (nSPS) is 16.9. The molecule has 8 nitrogen and oxygen atoms in total. The first-order chi connectivity index (χ1) is 13.4. The van der Waals surface area contributed by atoms with E-state index in [9.17, 15) is 9.90 Å². The van der Waals surface area contributed by atoms with E-state index in [0.717, 1.165) is 25.1 Å². The quantitative estimate of drug-likeness (QED) is 0.661. The van der Waals surface area contributed by atoms with Crippen molar-refractivity contribution in [1.82, 2.24) is 25.2 Å². The number of carbonyl (C=O) groups is 1. The molecule has 1 fully saturated rings. The van der Waals surface area contributed by atoms with E-state index in [0.29, 0.717) is 31.1 Å². The van der Waals surface area contributed by atoms with Gasteiger partial charge in [-0.25, -0.2) is 4.68 Å². The fraction of sp³-hybridized carbons (Fsp3) is 0.550. The minimum atomic E-state index is -0.491. The molecule has 2 atom stereocenters. The van der Waals surface area contributed by atoms with Gasteiger partial charge in [-0.05, 0) is 30.0 Å². The second-order valence-corrected chi connectivity index (χ2v) is 7.82. The average Bonchev–Trinajstić information content (AvgIpc) is 3.17. The van der Waals surface area contributed by atoms with Gasteiger partial charge in [0, 0.05) is 32.6 Å². The maximum Gasteiger partial charge on any atom is 0.247 e. The molecule has 1 saturated heterocycles. The number of hydrogen-bond donors (Lipinski definition) is 3. The summed E-state index contributed by atoms with van der Waals surface area (Å²) in [5, 5.41) is 21.3. The summed E-state index contributed by atoms with van der Waals surface area (Å²) in [5.74, 6) is 0.690. The summed E-state index contributed by atoms with van der Waals surface area (Å²) in [4.78, 5) is 15.1. The Kier molecular flexibility index (Phi) is 6.64. The molecule has 152 valence electrons. The number of nitrogens with one attached hydrogen (secondary N) is 1. The van der Waals surface area contributed by atoms with Gasteiger partial charge < -0.3 is 21.1 Å². The van der Waals surface area contributed by atoms with Crippen molar-refractivity contribution in [3.8, 4) is 5.75 Å². The number of piperazine rings is 1. The van der Waals surface area contributed by atoms with E-state index in [2.05, 4.69) is 29.5 Å². The van der Waals surface area contributed by atoms with Crippen molar-refractivity contribution < 1.29 is 9.90 Å². The molecule has 1 aromatic heterocycles. The second-order valence-electron chi connectivity index (χ2n) is 7.82. The minimum Gasteiger partial charge on any atom is -0.508 e. The van der Waals surface area contributed by atoms with Crippen LogP contribution < -0.4 is 11.1 Å². The van der Waals surface area contributed by atoms with Gasteiger partial charge in [0.2, 0.25) is 5.91 Å². The van der Waals surface area contributed by atoms with Crippen molar-refractivity contribution >= 4 is 5.91 Å². The predicted molar refractivity (Wildman–Crippen MR) is 107 cm³/mol. The zero-order valence-corrected chi connectivity index (χ0v) is 16.6. The summed E-state index contributed by atoms with van der Waals surface area (Å²) in [6.07, 6.45) is 3.09. The summed E-state index contributed by atoms with van der Waals surface area (Å²) in [7, 11) is 0. The Morgan fingerprint density at radius 1 is 1.25 bits per heavy atom. The van der Waals surface area contributed by atoms with Crippen molar-refractivity contribution in [3.63, 3.8) is 0 Å². The number of rotatable bonds is 7. The number of nitrogens with zero attached hydrogens (tertiary/aromatic N) is 4. The first-order valence-corrected chi connectivity index (χ1v) is 9.88. The maximum absolute atomic E-state index is 13.3. The van der Waals surface area contributed by atoms with Crippen molar-refractivity contribution in [2.75, 3.05) is 26.2 Å². The number of aromatic nitrogens is 3. The Morgan fingerprint density at radius 2 is 1.93 bits per heavy atom. The molecule has 1 aliphatic rings. The molecule has 1 amide bonds. The molecule has 1 unspecified atom stereocenters. The van der Waals surface area contributed by atoms with Gasteiger partial charge in [0.15, 0.2) is 0 Å². The van der Waals surface area contributed by atoms with Crippen LogP contribution in [0.4, 0.5) is 0 Å². The standard InChI is InChI=1S/C20H30N6O2/c1-14(2)11-17(21)18-13-26(24-23-18)19(12-15-3-5-16(27)6-4-15)20(28)25-9-7-22-8-10-25/h3-6,13-14,17,19,22,27H,7-12,21H2,1-2H3/t17-,19?/m0/s1. The van der Waals surface area contributed by atoms with Gasteiger partial charge in [0.05, 0.1) is 17.9 Å². The molecule has 2 heterocycles. The van der Waals surface area contributed by atoms with Crippen LogP contribution in [0.25, 0.3) is 0 Å². The molecule has 0 spiro atoms. The molecule has 3 rings (SSSR count). The van der Waals surface area contributed by atoms with Crippen LogP contribution in [0.15, 0.2) is 30.5 Å². The molecule has 0 aliphatic carbocycles. The summed E-state index contributed by atoms with van der Waals surface area (Å²) >= 11 is 0. The van der Waals surface area contributed by atoms with Gasteiger partial charge in [-0.2, -0.15) is 0 Å². The lowest BCUT2D eigenvalue weighted by atomic mass is 10.0. The van der Waals surface area contributed by atoms with Gasteiger partial charge >= 0.3 is 0 Å². The highest BCUT2D eigenvalue weighted by atomic mass is 16.3. The summed E-state index contributed by atoms with van der Waals surface area (Å²) in [5.41, 5.74) is 7.91. The van der Waals surface area contributed by atoms with E-state index in [-0.39, 0.29) is 17.7 Å². The number of phenols is 1. The highest BCUT2D eigenvalue weighted by molar-refractivity contribution is 5.80. The van der Waals surface area contributed by atoms with Gasteiger partial charge in [-0.3, -0.25) is 4.79 Å². The number of amides is 1. The van der Waals surface area contributed by atoms with Crippen LogP contribution in [0.2, 0.25) is 0 Å². The Bertz CT molecular complexity index is 767. The fourth-order valence-corrected chi connectivity index (χ4v) is 3.49. The number of benzene rings is 1. The Labute approximate surface area is 165 Å². The lowest BCUT2D eigenvalue weighted by Crippen LogP contribution is -2.49. The van der Waals surface area contributed by atoms with Gasteiger partial charge in [-0.1, -0.05) is 31.2 Å². The largest absolute Gasteiger partial charge is 0.508 e. The number of phenolic OH excluding ortho intramolecular Hbond substituents is 1. The van der Waals surface area contributed by atoms with Gasteiger partial charge in [-0.15, -0.1) is 5.10 Å². The molecule has 28 heavy (non-hydrogen) atoms. The van der Waals surface area contributed by atoms with Crippen LogP contribution in [0.1, 0.15) is 43.6 Å². The highest BCUT2D eigenvalue weighted by Gasteiger charge is 2.29. The summed E-state index contributed by atoms with van der Waals surface area (Å²) < 4.78 is 1.65. The number of nitrogens with two attached hydrogens (primary N) is 1. The zero-order valence-electron chi connectivity index (χ0n) is 16.6. The van der Waals surface area contributed by atoms with Crippen LogP contribution in [-0.2, 0) is 11.2 Å². The van der Waals surface area contributed by atoms with E-state index in [1.165, 1.54) is 0 Å². The van der Waals surface area contributed by atoms with Gasteiger partial charge in [0.1, 0.15) is 11.8 Å². The summed E-state index contributed by atoms with van der Waals surface area (Å²) in [6, 6.07) is 6.23. The Hall–Kier alpha value is -2.45. The van der Waals surface area contributed by atoms with Crippen molar-refractivity contribution in [2.24, 2.45) is 11.7 Å². The van der Waals surface area contributed by atoms with Crippen molar-refractivity contribution in [3.05, 3.63) is 41.7 Å². The molecular weight excluding hydrogens is 356 g/mol. The van der Waals surface area contributed by atoms with E-state index in [1.54, 1.807) is 23.0 Å². The molecule has 2 aromatic rings. The fourth-order valence-electron chi connectivity index (χ4n) is 3.49. The molecule has 1 aromatic carbocycles. The van der Waals surface area contributed by atoms with Crippen molar-refractivity contribution in [1.29, 1.82) is 0 Å². The van der Waals surface area contributed by atoms with Crippen molar-refractivity contribution in [2.45, 2.75) is 38.8 Å². The first kappa shape index (κ1) is 20.3. The van der Waals surface area contributed by atoms with E-state index < -0.39 is 6.04 Å². The molecule has 8 heteroatoms. The highest BCUT2D eigenvalue weighted by Crippen LogP contribution is 2.22. The third-order valence-corrected chi connectivity index (χ3v) is 5.03. The third-order valence-electron chi connectivity index (χ3n) is 5.03. The van der Waals surface area contributed by atoms with Gasteiger partial charge in [0.25, 0.3) is 0 Å². The maximum atomic E-state index is 13.3. The van der Waals surface area contributed by atoms with E-state index >= 15 is 0 Å². The smallest absolute Gasteiger partial charge is 0.247 e. The Balaban J connectivity index is 1.83. The molecule has 0 saturated carbocycles. The lowest BCUT2D eigenvalue weighted by Gasteiger charge is -2.31. The lowest BCUT2D eigenvalue weighted by molar-refractivity contribution is -0.135. The first-order valence-electron chi connectivity index (χ1n) is 9.88. The van der Waals surface area contributed by atoms with Crippen LogP contribution in [0.5, 0.6) is 5.75 Å². The molecular formula is C20H30N6O2. The van der Waals surface area contributed by atoms with E-state index in [1.807, 2.05) is 17.0 Å². The Morgan fingerprint density at radius 3 is 2.57 bits per heavy atom. The van der Waals surface area contributed by atoms with Crippen LogP contribution >= 0.6 is 0 Å². The molecule has 4 N–H and O–H groups in total. The number of aromatic hydroxyl groups is 1. The zero-order chi connectivity index (χ0) is 20.1. The number of hydrogen-bond acceptors (Lipinski definition) is 6. The minimum absolute atomic E-state index is 0.0310. The van der Waals surface area contributed by atoms with Crippen LogP contribution in [0.3, 0.4) is 0 Å². The topological polar surface area (TPSA) is 109 Å². The monoisotopic (exact) mass is 386 g/mol.